The summed E-state index contributed by atoms with van der Waals surface area (Å²) in [5.74, 6) is 0.155. The summed E-state index contributed by atoms with van der Waals surface area (Å²) in [6.07, 6.45) is 3.48. The standard InChI is InChI=1S/C13H18O.C2H6/c1-4-5-6-12-9-13(11(3)14)8-7-10(12)2;1-2/h7-9,14H,3-6H2,1-2H3;1-2H3. The van der Waals surface area contributed by atoms with Gasteiger partial charge in [-0.25, -0.2) is 0 Å². The van der Waals surface area contributed by atoms with Crippen LogP contribution in [0.5, 0.6) is 0 Å². The molecule has 0 heterocycles. The molecule has 1 nitrogen and oxygen atoms in total. The fraction of sp³-hybridized carbons (Fsp3) is 0.467. The number of benzene rings is 1. The second-order valence-electron chi connectivity index (χ2n) is 3.69. The zero-order chi connectivity index (χ0) is 12.6. The molecule has 0 saturated heterocycles. The molecule has 0 aromatic heterocycles. The number of aliphatic hydroxyl groups is 1. The highest BCUT2D eigenvalue weighted by atomic mass is 16.3. The normalized spacial score (nSPS) is 9.25. The highest BCUT2D eigenvalue weighted by molar-refractivity contribution is 5.57. The maximum absolute atomic E-state index is 9.27. The molecule has 0 amide bonds. The smallest absolute Gasteiger partial charge is 0.115 e. The van der Waals surface area contributed by atoms with Crippen molar-refractivity contribution < 1.29 is 5.11 Å². The Morgan fingerprint density at radius 2 is 1.94 bits per heavy atom. The van der Waals surface area contributed by atoms with Gasteiger partial charge in [0.1, 0.15) is 5.76 Å². The molecule has 1 heteroatoms. The van der Waals surface area contributed by atoms with Gasteiger partial charge in [0, 0.05) is 5.56 Å². The van der Waals surface area contributed by atoms with Gasteiger partial charge in [0.05, 0.1) is 0 Å². The predicted octanol–water partition coefficient (Wildman–Crippen LogP) is 4.89. The molecular weight excluding hydrogens is 196 g/mol. The highest BCUT2D eigenvalue weighted by Crippen LogP contribution is 2.17. The van der Waals surface area contributed by atoms with Crippen LogP contribution in [0.15, 0.2) is 24.8 Å². The van der Waals surface area contributed by atoms with Crippen LogP contribution in [0.4, 0.5) is 0 Å². The molecule has 0 radical (unpaired) electrons. The summed E-state index contributed by atoms with van der Waals surface area (Å²) in [7, 11) is 0. The molecule has 1 N–H and O–H groups in total. The third-order valence-corrected chi connectivity index (χ3v) is 2.48. The zero-order valence-corrected chi connectivity index (χ0v) is 11.0. The van der Waals surface area contributed by atoms with Gasteiger partial charge in [-0.2, -0.15) is 0 Å². The predicted molar refractivity (Wildman–Crippen MR) is 72.8 cm³/mol. The van der Waals surface area contributed by atoms with E-state index in [2.05, 4.69) is 20.4 Å². The maximum Gasteiger partial charge on any atom is 0.115 e. The number of hydrogen-bond donors (Lipinski definition) is 1. The van der Waals surface area contributed by atoms with Crippen molar-refractivity contribution in [2.45, 2.75) is 47.0 Å². The van der Waals surface area contributed by atoms with Crippen molar-refractivity contribution in [2.75, 3.05) is 0 Å². The van der Waals surface area contributed by atoms with E-state index in [-0.39, 0.29) is 5.76 Å². The lowest BCUT2D eigenvalue weighted by atomic mass is 10.00. The van der Waals surface area contributed by atoms with Crippen molar-refractivity contribution in [3.05, 3.63) is 41.5 Å². The molecular formula is C15H24O. The second kappa shape index (κ2) is 7.98. The molecule has 0 unspecified atom stereocenters. The second-order valence-corrected chi connectivity index (χ2v) is 3.69. The Kier molecular flexibility index (Phi) is 7.36. The molecule has 0 saturated carbocycles. The van der Waals surface area contributed by atoms with Crippen molar-refractivity contribution in [1.82, 2.24) is 0 Å². The Morgan fingerprint density at radius 3 is 2.44 bits per heavy atom. The first kappa shape index (κ1) is 14.8. The minimum absolute atomic E-state index is 0.155. The number of unbranched alkanes of at least 4 members (excludes halogenated alkanes) is 1. The average molecular weight is 220 g/mol. The van der Waals surface area contributed by atoms with Crippen LogP contribution in [0.25, 0.3) is 5.76 Å². The van der Waals surface area contributed by atoms with Crippen LogP contribution in [-0.4, -0.2) is 5.11 Å². The van der Waals surface area contributed by atoms with E-state index >= 15 is 0 Å². The Hall–Kier alpha value is -1.24. The van der Waals surface area contributed by atoms with Gasteiger partial charge in [0.25, 0.3) is 0 Å². The molecule has 0 spiro atoms. The minimum Gasteiger partial charge on any atom is -0.508 e. The third kappa shape index (κ3) is 4.52. The fourth-order valence-electron chi connectivity index (χ4n) is 1.49. The van der Waals surface area contributed by atoms with Gasteiger partial charge in [0.2, 0.25) is 0 Å². The monoisotopic (exact) mass is 220 g/mol. The first-order valence-electron chi connectivity index (χ1n) is 6.13. The van der Waals surface area contributed by atoms with E-state index in [0.717, 1.165) is 12.0 Å². The van der Waals surface area contributed by atoms with Crippen LogP contribution in [0.3, 0.4) is 0 Å². The number of aryl methyl sites for hydroxylation is 2. The minimum atomic E-state index is 0.155. The summed E-state index contributed by atoms with van der Waals surface area (Å²) < 4.78 is 0. The van der Waals surface area contributed by atoms with Gasteiger partial charge in [0.15, 0.2) is 0 Å². The molecule has 0 aliphatic heterocycles. The number of rotatable bonds is 4. The molecule has 1 aromatic rings. The van der Waals surface area contributed by atoms with E-state index in [1.807, 2.05) is 32.0 Å². The summed E-state index contributed by atoms with van der Waals surface area (Å²) in [5, 5.41) is 9.27. The Bertz CT molecular complexity index is 326. The summed E-state index contributed by atoms with van der Waals surface area (Å²) in [6.45, 7) is 11.8. The van der Waals surface area contributed by atoms with Gasteiger partial charge in [-0.05, 0) is 37.0 Å². The summed E-state index contributed by atoms with van der Waals surface area (Å²) in [5.41, 5.74) is 3.45. The Morgan fingerprint density at radius 1 is 1.31 bits per heavy atom. The van der Waals surface area contributed by atoms with E-state index < -0.39 is 0 Å². The largest absolute Gasteiger partial charge is 0.508 e. The van der Waals surface area contributed by atoms with Gasteiger partial charge >= 0.3 is 0 Å². The Labute approximate surface area is 99.8 Å². The van der Waals surface area contributed by atoms with Gasteiger partial charge in [-0.3, -0.25) is 0 Å². The molecule has 0 fully saturated rings. The zero-order valence-electron chi connectivity index (χ0n) is 11.0. The van der Waals surface area contributed by atoms with Crippen LogP contribution in [0.1, 0.15) is 50.3 Å². The van der Waals surface area contributed by atoms with E-state index in [4.69, 9.17) is 0 Å². The molecule has 1 aromatic carbocycles. The van der Waals surface area contributed by atoms with Crippen LogP contribution < -0.4 is 0 Å². The first-order chi connectivity index (χ1) is 7.65. The third-order valence-electron chi connectivity index (χ3n) is 2.48. The van der Waals surface area contributed by atoms with Gasteiger partial charge in [-0.15, -0.1) is 0 Å². The van der Waals surface area contributed by atoms with Crippen LogP contribution in [0, 0.1) is 6.92 Å². The lowest BCUT2D eigenvalue weighted by molar-refractivity contribution is 0.513. The first-order valence-corrected chi connectivity index (χ1v) is 6.13. The van der Waals surface area contributed by atoms with E-state index in [0.29, 0.717) is 0 Å². The van der Waals surface area contributed by atoms with Crippen molar-refractivity contribution >= 4 is 5.76 Å². The van der Waals surface area contributed by atoms with Crippen LogP contribution >= 0.6 is 0 Å². The lowest BCUT2D eigenvalue weighted by Gasteiger charge is -2.07. The van der Waals surface area contributed by atoms with E-state index in [1.165, 1.54) is 24.0 Å². The number of aliphatic hydroxyl groups excluding tert-OH is 1. The van der Waals surface area contributed by atoms with Gasteiger partial charge < -0.3 is 5.11 Å². The lowest BCUT2D eigenvalue weighted by Crippen LogP contribution is -1.92. The fourth-order valence-corrected chi connectivity index (χ4v) is 1.49. The molecule has 90 valence electrons. The quantitative estimate of drug-likeness (QED) is 0.716. The molecule has 1 rings (SSSR count). The number of hydrogen-bond acceptors (Lipinski definition) is 1. The van der Waals surface area contributed by atoms with Crippen molar-refractivity contribution in [3.8, 4) is 0 Å². The Balaban J connectivity index is 0.00000106. The van der Waals surface area contributed by atoms with Crippen LogP contribution in [0.2, 0.25) is 0 Å². The maximum atomic E-state index is 9.27. The van der Waals surface area contributed by atoms with E-state index in [9.17, 15) is 5.11 Å². The average Bonchev–Trinajstić information content (AvgIpc) is 2.30. The molecule has 0 bridgehead atoms. The van der Waals surface area contributed by atoms with Gasteiger partial charge in [-0.1, -0.05) is 45.9 Å². The highest BCUT2D eigenvalue weighted by Gasteiger charge is 2.01. The topological polar surface area (TPSA) is 20.2 Å². The summed E-state index contributed by atoms with van der Waals surface area (Å²) in [4.78, 5) is 0. The molecule has 16 heavy (non-hydrogen) atoms. The molecule has 0 aliphatic rings. The summed E-state index contributed by atoms with van der Waals surface area (Å²) in [6, 6.07) is 5.99. The molecule has 0 atom stereocenters. The van der Waals surface area contributed by atoms with Crippen molar-refractivity contribution in [1.29, 1.82) is 0 Å². The van der Waals surface area contributed by atoms with Crippen LogP contribution in [-0.2, 0) is 6.42 Å². The molecule has 0 aliphatic carbocycles. The summed E-state index contributed by atoms with van der Waals surface area (Å²) >= 11 is 0. The van der Waals surface area contributed by atoms with Crippen molar-refractivity contribution in [3.63, 3.8) is 0 Å². The van der Waals surface area contributed by atoms with E-state index in [1.54, 1.807) is 0 Å². The SMILES string of the molecule is C=C(O)c1ccc(C)c(CCCC)c1.CC. The van der Waals surface area contributed by atoms with Crippen molar-refractivity contribution in [2.24, 2.45) is 0 Å².